The van der Waals surface area contributed by atoms with Gasteiger partial charge in [0.25, 0.3) is 0 Å². The molecule has 0 amide bonds. The van der Waals surface area contributed by atoms with Crippen molar-refractivity contribution < 1.29 is 9.90 Å². The standard InChI is InChI=1S/C10H16O2/c1-7-3-4-9(6-10(11)12)8(2)5-7/h6-8H,3-5H2,1-2H3,(H,11,12)/b9-6+. The second kappa shape index (κ2) is 3.74. The number of carbonyl (C=O) groups is 1. The molecule has 0 aromatic heterocycles. The van der Waals surface area contributed by atoms with E-state index >= 15 is 0 Å². The van der Waals surface area contributed by atoms with E-state index in [2.05, 4.69) is 13.8 Å². The summed E-state index contributed by atoms with van der Waals surface area (Å²) in [6.07, 6.45) is 4.63. The molecule has 2 atom stereocenters. The van der Waals surface area contributed by atoms with E-state index in [0.717, 1.165) is 30.8 Å². The van der Waals surface area contributed by atoms with Crippen molar-refractivity contribution in [3.05, 3.63) is 11.6 Å². The highest BCUT2D eigenvalue weighted by atomic mass is 16.4. The van der Waals surface area contributed by atoms with Crippen LogP contribution in [0.3, 0.4) is 0 Å². The summed E-state index contributed by atoms with van der Waals surface area (Å²) in [5, 5.41) is 8.57. The second-order valence-electron chi connectivity index (χ2n) is 3.84. The maximum absolute atomic E-state index is 10.4. The van der Waals surface area contributed by atoms with Crippen LogP contribution in [-0.2, 0) is 4.79 Å². The van der Waals surface area contributed by atoms with Crippen LogP contribution in [0.15, 0.2) is 11.6 Å². The Labute approximate surface area is 73.3 Å². The second-order valence-corrected chi connectivity index (χ2v) is 3.84. The van der Waals surface area contributed by atoms with Crippen molar-refractivity contribution in [2.24, 2.45) is 11.8 Å². The van der Waals surface area contributed by atoms with E-state index in [-0.39, 0.29) is 0 Å². The van der Waals surface area contributed by atoms with E-state index < -0.39 is 5.97 Å². The van der Waals surface area contributed by atoms with Gasteiger partial charge in [-0.3, -0.25) is 0 Å². The molecule has 1 fully saturated rings. The number of hydrogen-bond donors (Lipinski definition) is 1. The third-order valence-electron chi connectivity index (χ3n) is 2.62. The molecule has 1 aliphatic rings. The van der Waals surface area contributed by atoms with Gasteiger partial charge in [0.2, 0.25) is 0 Å². The van der Waals surface area contributed by atoms with Gasteiger partial charge in [-0.05, 0) is 31.1 Å². The molecule has 0 bridgehead atoms. The van der Waals surface area contributed by atoms with E-state index in [4.69, 9.17) is 5.11 Å². The Morgan fingerprint density at radius 1 is 1.58 bits per heavy atom. The zero-order chi connectivity index (χ0) is 9.14. The van der Waals surface area contributed by atoms with Crippen molar-refractivity contribution in [3.8, 4) is 0 Å². The highest BCUT2D eigenvalue weighted by molar-refractivity contribution is 5.80. The first kappa shape index (κ1) is 9.30. The SMILES string of the molecule is CC1CC/C(=C\C(=O)O)C(C)C1. The first-order valence-corrected chi connectivity index (χ1v) is 4.53. The number of aliphatic carboxylic acids is 1. The minimum atomic E-state index is -0.800. The maximum atomic E-state index is 10.4. The summed E-state index contributed by atoms with van der Waals surface area (Å²) in [6, 6.07) is 0. The van der Waals surface area contributed by atoms with Gasteiger partial charge < -0.3 is 5.11 Å². The zero-order valence-electron chi connectivity index (χ0n) is 7.71. The quantitative estimate of drug-likeness (QED) is 0.610. The van der Waals surface area contributed by atoms with Crippen LogP contribution in [0.4, 0.5) is 0 Å². The fraction of sp³-hybridized carbons (Fsp3) is 0.700. The van der Waals surface area contributed by atoms with Gasteiger partial charge in [0.05, 0.1) is 0 Å². The summed E-state index contributed by atoms with van der Waals surface area (Å²) in [4.78, 5) is 10.4. The first-order chi connectivity index (χ1) is 5.59. The summed E-state index contributed by atoms with van der Waals surface area (Å²) in [6.45, 7) is 4.35. The highest BCUT2D eigenvalue weighted by Gasteiger charge is 2.19. The molecule has 0 saturated heterocycles. The molecule has 0 radical (unpaired) electrons. The Kier molecular flexibility index (Phi) is 2.90. The van der Waals surface area contributed by atoms with E-state index in [1.54, 1.807) is 0 Å². The molecule has 0 aromatic rings. The lowest BCUT2D eigenvalue weighted by atomic mass is 9.79. The van der Waals surface area contributed by atoms with Crippen LogP contribution in [-0.4, -0.2) is 11.1 Å². The third kappa shape index (κ3) is 2.36. The van der Waals surface area contributed by atoms with Crippen molar-refractivity contribution in [1.29, 1.82) is 0 Å². The normalized spacial score (nSPS) is 33.7. The number of allylic oxidation sites excluding steroid dienone is 1. The zero-order valence-corrected chi connectivity index (χ0v) is 7.71. The summed E-state index contributed by atoms with van der Waals surface area (Å²) in [5.74, 6) is 0.419. The average Bonchev–Trinajstić information content (AvgIpc) is 1.94. The lowest BCUT2D eigenvalue weighted by Crippen LogP contribution is -2.14. The van der Waals surface area contributed by atoms with Gasteiger partial charge in [-0.25, -0.2) is 4.79 Å². The molecule has 12 heavy (non-hydrogen) atoms. The van der Waals surface area contributed by atoms with E-state index in [9.17, 15) is 4.79 Å². The summed E-state index contributed by atoms with van der Waals surface area (Å²) in [7, 11) is 0. The molecule has 1 rings (SSSR count). The maximum Gasteiger partial charge on any atom is 0.328 e. The molecule has 0 aromatic carbocycles. The minimum Gasteiger partial charge on any atom is -0.478 e. The monoisotopic (exact) mass is 168 g/mol. The molecule has 2 unspecified atom stereocenters. The van der Waals surface area contributed by atoms with Gasteiger partial charge in [-0.1, -0.05) is 19.4 Å². The summed E-state index contributed by atoms with van der Waals surface area (Å²) in [5.41, 5.74) is 1.11. The van der Waals surface area contributed by atoms with Crippen molar-refractivity contribution in [3.63, 3.8) is 0 Å². The fourth-order valence-corrected chi connectivity index (χ4v) is 1.91. The molecule has 1 N–H and O–H groups in total. The van der Waals surface area contributed by atoms with Crippen molar-refractivity contribution >= 4 is 5.97 Å². The average molecular weight is 168 g/mol. The highest BCUT2D eigenvalue weighted by Crippen LogP contribution is 2.32. The Balaban J connectivity index is 2.62. The molecule has 2 heteroatoms. The van der Waals surface area contributed by atoms with Gasteiger partial charge in [0.15, 0.2) is 0 Å². The van der Waals surface area contributed by atoms with Crippen LogP contribution in [0, 0.1) is 11.8 Å². The van der Waals surface area contributed by atoms with Crippen LogP contribution in [0.1, 0.15) is 33.1 Å². The number of carboxylic acid groups (broad SMARTS) is 1. The Hall–Kier alpha value is -0.790. The van der Waals surface area contributed by atoms with Crippen molar-refractivity contribution in [2.45, 2.75) is 33.1 Å². The molecule has 1 aliphatic carbocycles. The predicted molar refractivity (Wildman–Crippen MR) is 47.9 cm³/mol. The number of hydrogen-bond acceptors (Lipinski definition) is 1. The van der Waals surface area contributed by atoms with Crippen LogP contribution in [0.25, 0.3) is 0 Å². The van der Waals surface area contributed by atoms with Crippen LogP contribution >= 0.6 is 0 Å². The van der Waals surface area contributed by atoms with E-state index in [0.29, 0.717) is 5.92 Å². The summed E-state index contributed by atoms with van der Waals surface area (Å²) >= 11 is 0. The van der Waals surface area contributed by atoms with Crippen molar-refractivity contribution in [1.82, 2.24) is 0 Å². The lowest BCUT2D eigenvalue weighted by molar-refractivity contribution is -0.131. The Morgan fingerprint density at radius 2 is 2.25 bits per heavy atom. The van der Waals surface area contributed by atoms with Gasteiger partial charge >= 0.3 is 5.97 Å². The smallest absolute Gasteiger partial charge is 0.328 e. The molecule has 2 nitrogen and oxygen atoms in total. The van der Waals surface area contributed by atoms with Gasteiger partial charge in [-0.15, -0.1) is 0 Å². The van der Waals surface area contributed by atoms with Gasteiger partial charge in [0, 0.05) is 6.08 Å². The minimum absolute atomic E-state index is 0.463. The van der Waals surface area contributed by atoms with E-state index in [1.807, 2.05) is 0 Å². The third-order valence-corrected chi connectivity index (χ3v) is 2.62. The molecule has 0 aliphatic heterocycles. The van der Waals surface area contributed by atoms with Crippen LogP contribution in [0.5, 0.6) is 0 Å². The molecule has 0 heterocycles. The predicted octanol–water partition coefficient (Wildman–Crippen LogP) is 2.45. The largest absolute Gasteiger partial charge is 0.478 e. The van der Waals surface area contributed by atoms with Gasteiger partial charge in [-0.2, -0.15) is 0 Å². The molecule has 68 valence electrons. The summed E-state index contributed by atoms with van der Waals surface area (Å²) < 4.78 is 0. The molecule has 0 spiro atoms. The van der Waals surface area contributed by atoms with Crippen molar-refractivity contribution in [2.75, 3.05) is 0 Å². The van der Waals surface area contributed by atoms with Crippen LogP contribution in [0.2, 0.25) is 0 Å². The Bertz CT molecular complexity index is 206. The fourth-order valence-electron chi connectivity index (χ4n) is 1.91. The number of carboxylic acids is 1. The van der Waals surface area contributed by atoms with Gasteiger partial charge in [0.1, 0.15) is 0 Å². The topological polar surface area (TPSA) is 37.3 Å². The number of rotatable bonds is 1. The molecular weight excluding hydrogens is 152 g/mol. The van der Waals surface area contributed by atoms with Crippen LogP contribution < -0.4 is 0 Å². The lowest BCUT2D eigenvalue weighted by Gasteiger charge is -2.26. The van der Waals surface area contributed by atoms with E-state index in [1.165, 1.54) is 6.08 Å². The first-order valence-electron chi connectivity index (χ1n) is 4.53. The molecule has 1 saturated carbocycles. The molecular formula is C10H16O2. The Morgan fingerprint density at radius 3 is 2.75 bits per heavy atom.